The predicted octanol–water partition coefficient (Wildman–Crippen LogP) is 3.59. The van der Waals surface area contributed by atoms with Crippen molar-refractivity contribution < 1.29 is 14.3 Å². The number of benzene rings is 1. The van der Waals surface area contributed by atoms with Crippen LogP contribution in [0.4, 0.5) is 0 Å². The number of ether oxygens (including phenoxy) is 2. The van der Waals surface area contributed by atoms with Crippen LogP contribution >= 0.6 is 34.8 Å². The SMILES string of the molecule is COC(=O)CCOc1cc(Cl)c(Cl)cc1Cl. The first-order valence-corrected chi connectivity index (χ1v) is 5.52. The summed E-state index contributed by atoms with van der Waals surface area (Å²) in [5.41, 5.74) is 0. The quantitative estimate of drug-likeness (QED) is 0.626. The van der Waals surface area contributed by atoms with Crippen LogP contribution in [0, 0.1) is 0 Å². The fourth-order valence-corrected chi connectivity index (χ4v) is 1.55. The van der Waals surface area contributed by atoms with E-state index < -0.39 is 0 Å². The third-order valence-electron chi connectivity index (χ3n) is 1.77. The third kappa shape index (κ3) is 3.74. The van der Waals surface area contributed by atoms with Crippen molar-refractivity contribution in [1.29, 1.82) is 0 Å². The summed E-state index contributed by atoms with van der Waals surface area (Å²) >= 11 is 17.4. The van der Waals surface area contributed by atoms with E-state index in [4.69, 9.17) is 39.5 Å². The average molecular weight is 284 g/mol. The third-order valence-corrected chi connectivity index (χ3v) is 2.78. The van der Waals surface area contributed by atoms with Crippen LogP contribution in [0.15, 0.2) is 12.1 Å². The molecule has 0 radical (unpaired) electrons. The Bertz CT molecular complexity index is 393. The lowest BCUT2D eigenvalue weighted by Gasteiger charge is -2.08. The van der Waals surface area contributed by atoms with Crippen LogP contribution in [0.2, 0.25) is 15.1 Å². The molecule has 0 aromatic heterocycles. The summed E-state index contributed by atoms with van der Waals surface area (Å²) in [7, 11) is 1.31. The number of rotatable bonds is 4. The highest BCUT2D eigenvalue weighted by atomic mass is 35.5. The van der Waals surface area contributed by atoms with Crippen LogP contribution in [-0.4, -0.2) is 19.7 Å². The van der Waals surface area contributed by atoms with Crippen LogP contribution in [0.3, 0.4) is 0 Å². The summed E-state index contributed by atoms with van der Waals surface area (Å²) in [6, 6.07) is 2.99. The normalized spacial score (nSPS) is 10.0. The molecule has 6 heteroatoms. The largest absolute Gasteiger partial charge is 0.491 e. The number of halogens is 3. The zero-order valence-corrected chi connectivity index (χ0v) is 10.7. The zero-order valence-electron chi connectivity index (χ0n) is 8.43. The molecule has 0 heterocycles. The highest BCUT2D eigenvalue weighted by Crippen LogP contribution is 2.33. The van der Waals surface area contributed by atoms with Gasteiger partial charge in [-0.2, -0.15) is 0 Å². The molecule has 0 N–H and O–H groups in total. The van der Waals surface area contributed by atoms with Gasteiger partial charge in [0.1, 0.15) is 5.75 Å². The van der Waals surface area contributed by atoms with Gasteiger partial charge in [0.05, 0.1) is 35.2 Å². The van der Waals surface area contributed by atoms with Crippen molar-refractivity contribution in [1.82, 2.24) is 0 Å². The summed E-state index contributed by atoms with van der Waals surface area (Å²) in [6.45, 7) is 0.171. The summed E-state index contributed by atoms with van der Waals surface area (Å²) < 4.78 is 9.73. The maximum Gasteiger partial charge on any atom is 0.308 e. The van der Waals surface area contributed by atoms with E-state index in [0.717, 1.165) is 0 Å². The van der Waals surface area contributed by atoms with Gasteiger partial charge in [-0.1, -0.05) is 34.8 Å². The minimum absolute atomic E-state index is 0.146. The zero-order chi connectivity index (χ0) is 12.1. The smallest absolute Gasteiger partial charge is 0.308 e. The molecule has 0 spiro atoms. The molecule has 0 fully saturated rings. The molecule has 0 aliphatic carbocycles. The van der Waals surface area contributed by atoms with Crippen molar-refractivity contribution in [3.8, 4) is 5.75 Å². The first-order valence-electron chi connectivity index (χ1n) is 4.38. The van der Waals surface area contributed by atoms with E-state index in [0.29, 0.717) is 20.8 Å². The summed E-state index contributed by atoms with van der Waals surface area (Å²) in [4.78, 5) is 10.8. The van der Waals surface area contributed by atoms with Gasteiger partial charge in [-0.15, -0.1) is 0 Å². The van der Waals surface area contributed by atoms with Crippen LogP contribution in [0.1, 0.15) is 6.42 Å². The molecule has 1 rings (SSSR count). The van der Waals surface area contributed by atoms with Gasteiger partial charge in [0, 0.05) is 6.07 Å². The fraction of sp³-hybridized carbons (Fsp3) is 0.300. The van der Waals surface area contributed by atoms with Gasteiger partial charge in [-0.25, -0.2) is 0 Å². The summed E-state index contributed by atoms with van der Waals surface area (Å²) in [5.74, 6) is 0.0381. The first kappa shape index (κ1) is 13.4. The minimum atomic E-state index is -0.351. The lowest BCUT2D eigenvalue weighted by Crippen LogP contribution is -2.07. The lowest BCUT2D eigenvalue weighted by molar-refractivity contribution is -0.141. The monoisotopic (exact) mass is 282 g/mol. The molecule has 1 aromatic carbocycles. The minimum Gasteiger partial charge on any atom is -0.491 e. The van der Waals surface area contributed by atoms with Gasteiger partial charge < -0.3 is 9.47 Å². The molecule has 0 bridgehead atoms. The van der Waals surface area contributed by atoms with Crippen molar-refractivity contribution >= 4 is 40.8 Å². The van der Waals surface area contributed by atoms with E-state index in [1.807, 2.05) is 0 Å². The summed E-state index contributed by atoms with van der Waals surface area (Å²) in [6.07, 6.45) is 0.146. The number of esters is 1. The first-order chi connectivity index (χ1) is 7.54. The van der Waals surface area contributed by atoms with Crippen molar-refractivity contribution in [3.05, 3.63) is 27.2 Å². The second-order valence-corrected chi connectivity index (χ2v) is 4.09. The molecular weight excluding hydrogens is 274 g/mol. The van der Waals surface area contributed by atoms with Gasteiger partial charge in [0.2, 0.25) is 0 Å². The van der Waals surface area contributed by atoms with Gasteiger partial charge in [-0.3, -0.25) is 4.79 Å². The maximum absolute atomic E-state index is 10.8. The predicted molar refractivity (Wildman–Crippen MR) is 63.6 cm³/mol. The number of carbonyl (C=O) groups excluding carboxylic acids is 1. The molecule has 16 heavy (non-hydrogen) atoms. The fourth-order valence-electron chi connectivity index (χ4n) is 0.961. The molecule has 0 aliphatic heterocycles. The molecule has 88 valence electrons. The molecule has 0 amide bonds. The highest BCUT2D eigenvalue weighted by Gasteiger charge is 2.08. The number of carbonyl (C=O) groups is 1. The molecule has 1 aromatic rings. The Morgan fingerprint density at radius 2 is 1.81 bits per heavy atom. The van der Waals surface area contributed by atoms with E-state index in [9.17, 15) is 4.79 Å². The second-order valence-electron chi connectivity index (χ2n) is 2.87. The Morgan fingerprint density at radius 1 is 1.19 bits per heavy atom. The van der Waals surface area contributed by atoms with Gasteiger partial charge >= 0.3 is 5.97 Å². The lowest BCUT2D eigenvalue weighted by atomic mass is 10.3. The molecule has 0 saturated carbocycles. The Hall–Kier alpha value is -0.640. The Morgan fingerprint density at radius 3 is 2.44 bits per heavy atom. The molecular formula is C10H9Cl3O3. The van der Waals surface area contributed by atoms with Crippen molar-refractivity contribution in [2.75, 3.05) is 13.7 Å². The van der Waals surface area contributed by atoms with Crippen LogP contribution in [-0.2, 0) is 9.53 Å². The number of hydrogen-bond acceptors (Lipinski definition) is 3. The number of methoxy groups -OCH3 is 1. The summed E-state index contributed by atoms with van der Waals surface area (Å²) in [5, 5.41) is 1.05. The Balaban J connectivity index is 2.60. The topological polar surface area (TPSA) is 35.5 Å². The molecule has 0 unspecified atom stereocenters. The van der Waals surface area contributed by atoms with E-state index >= 15 is 0 Å². The van der Waals surface area contributed by atoms with Crippen LogP contribution < -0.4 is 4.74 Å². The van der Waals surface area contributed by atoms with E-state index in [1.54, 1.807) is 0 Å². The van der Waals surface area contributed by atoms with Gasteiger partial charge in [0.25, 0.3) is 0 Å². The van der Waals surface area contributed by atoms with Gasteiger partial charge in [0.15, 0.2) is 0 Å². The number of hydrogen-bond donors (Lipinski definition) is 0. The Labute approximate surface area is 108 Å². The van der Waals surface area contributed by atoms with E-state index in [-0.39, 0.29) is 19.0 Å². The van der Waals surface area contributed by atoms with Crippen LogP contribution in [0.5, 0.6) is 5.75 Å². The highest BCUT2D eigenvalue weighted by molar-refractivity contribution is 6.43. The van der Waals surface area contributed by atoms with E-state index in [2.05, 4.69) is 4.74 Å². The molecule has 0 atom stereocenters. The molecule has 3 nitrogen and oxygen atoms in total. The van der Waals surface area contributed by atoms with Crippen molar-refractivity contribution in [2.45, 2.75) is 6.42 Å². The van der Waals surface area contributed by atoms with Crippen molar-refractivity contribution in [3.63, 3.8) is 0 Å². The Kier molecular flexibility index (Phi) is 5.19. The van der Waals surface area contributed by atoms with E-state index in [1.165, 1.54) is 19.2 Å². The van der Waals surface area contributed by atoms with Crippen molar-refractivity contribution in [2.24, 2.45) is 0 Å². The molecule has 0 saturated heterocycles. The second kappa shape index (κ2) is 6.18. The van der Waals surface area contributed by atoms with Gasteiger partial charge in [-0.05, 0) is 6.07 Å². The maximum atomic E-state index is 10.8. The van der Waals surface area contributed by atoms with Crippen LogP contribution in [0.25, 0.3) is 0 Å². The average Bonchev–Trinajstić information content (AvgIpc) is 2.25. The molecule has 0 aliphatic rings. The standard InChI is InChI=1S/C10H9Cl3O3/c1-15-10(14)2-3-16-9-5-7(12)6(11)4-8(9)13/h4-5H,2-3H2,1H3.